The van der Waals surface area contributed by atoms with E-state index in [1.54, 1.807) is 7.11 Å². The first kappa shape index (κ1) is 17.2. The molecule has 0 aromatic heterocycles. The van der Waals surface area contributed by atoms with Crippen LogP contribution in [0.5, 0.6) is 0 Å². The first-order valence-corrected chi connectivity index (χ1v) is 7.01. The van der Waals surface area contributed by atoms with Crippen molar-refractivity contribution < 1.29 is 22.7 Å². The molecule has 0 radical (unpaired) electrons. The third kappa shape index (κ3) is 5.66. The van der Waals surface area contributed by atoms with Crippen LogP contribution in [0.4, 0.5) is 13.2 Å². The monoisotopic (exact) mass is 296 g/mol. The van der Waals surface area contributed by atoms with Gasteiger partial charge in [-0.15, -0.1) is 0 Å². The highest BCUT2D eigenvalue weighted by Gasteiger charge is 2.47. The predicted octanol–water partition coefficient (Wildman–Crippen LogP) is 1.71. The maximum absolute atomic E-state index is 12.9. The molecule has 0 aromatic rings. The topological polar surface area (TPSA) is 50.4 Å². The standard InChI is InChI=1S/C13H23F3N2O2/c1-20-9-8-17-6-7-18-12(19)10-4-2-3-5-11(10)13(14,15)16/h10-11,17H,2-9H2,1H3,(H,18,19). The summed E-state index contributed by atoms with van der Waals surface area (Å²) in [5, 5.41) is 5.61. The maximum atomic E-state index is 12.9. The van der Waals surface area contributed by atoms with Gasteiger partial charge in [0.05, 0.1) is 12.5 Å². The smallest absolute Gasteiger partial charge is 0.383 e. The molecule has 0 spiro atoms. The van der Waals surface area contributed by atoms with Gasteiger partial charge in [0.1, 0.15) is 0 Å². The molecule has 0 aliphatic heterocycles. The molecular weight excluding hydrogens is 273 g/mol. The molecule has 1 aliphatic carbocycles. The van der Waals surface area contributed by atoms with Gasteiger partial charge in [-0.3, -0.25) is 4.79 Å². The van der Waals surface area contributed by atoms with Crippen molar-refractivity contribution in [1.82, 2.24) is 10.6 Å². The molecule has 0 saturated heterocycles. The zero-order valence-electron chi connectivity index (χ0n) is 11.8. The van der Waals surface area contributed by atoms with Crippen LogP contribution in [0.25, 0.3) is 0 Å². The molecule has 0 aromatic carbocycles. The second-order valence-electron chi connectivity index (χ2n) is 5.07. The minimum atomic E-state index is -4.28. The number of carbonyl (C=O) groups is 1. The van der Waals surface area contributed by atoms with Crippen LogP contribution in [0.2, 0.25) is 0 Å². The van der Waals surface area contributed by atoms with Gasteiger partial charge >= 0.3 is 6.18 Å². The van der Waals surface area contributed by atoms with Gasteiger partial charge in [0.15, 0.2) is 0 Å². The zero-order valence-corrected chi connectivity index (χ0v) is 11.8. The van der Waals surface area contributed by atoms with Crippen molar-refractivity contribution in [1.29, 1.82) is 0 Å². The van der Waals surface area contributed by atoms with Crippen molar-refractivity contribution in [3.8, 4) is 0 Å². The van der Waals surface area contributed by atoms with Gasteiger partial charge in [-0.1, -0.05) is 12.8 Å². The van der Waals surface area contributed by atoms with Crippen LogP contribution < -0.4 is 10.6 Å². The molecule has 2 unspecified atom stereocenters. The number of carbonyl (C=O) groups excluding carboxylic acids is 1. The molecule has 2 atom stereocenters. The number of nitrogens with one attached hydrogen (secondary N) is 2. The molecule has 1 saturated carbocycles. The molecule has 2 N–H and O–H groups in total. The maximum Gasteiger partial charge on any atom is 0.392 e. The summed E-state index contributed by atoms with van der Waals surface area (Å²) in [4.78, 5) is 11.9. The molecule has 0 bridgehead atoms. The normalized spacial score (nSPS) is 23.6. The molecule has 0 heterocycles. The summed E-state index contributed by atoms with van der Waals surface area (Å²) in [6.45, 7) is 2.08. The van der Waals surface area contributed by atoms with Gasteiger partial charge in [0, 0.05) is 32.7 Å². The lowest BCUT2D eigenvalue weighted by Crippen LogP contribution is -2.44. The molecule has 1 aliphatic rings. The molecule has 20 heavy (non-hydrogen) atoms. The predicted molar refractivity (Wildman–Crippen MR) is 69.3 cm³/mol. The summed E-state index contributed by atoms with van der Waals surface area (Å²) in [5.74, 6) is -2.89. The Kier molecular flexibility index (Phi) is 7.29. The quantitative estimate of drug-likeness (QED) is 0.703. The van der Waals surface area contributed by atoms with Gasteiger partial charge in [-0.25, -0.2) is 0 Å². The second-order valence-corrected chi connectivity index (χ2v) is 5.07. The Labute approximate surface area is 117 Å². The highest BCUT2D eigenvalue weighted by Crippen LogP contribution is 2.41. The van der Waals surface area contributed by atoms with Crippen LogP contribution in [-0.2, 0) is 9.53 Å². The van der Waals surface area contributed by atoms with E-state index in [1.165, 1.54) is 0 Å². The average Bonchev–Trinajstić information content (AvgIpc) is 2.41. The SMILES string of the molecule is COCCNCCNC(=O)C1CCCCC1C(F)(F)F. The zero-order chi connectivity index (χ0) is 15.0. The summed E-state index contributed by atoms with van der Waals surface area (Å²) in [7, 11) is 1.59. The van der Waals surface area contributed by atoms with E-state index in [-0.39, 0.29) is 6.42 Å². The molecule has 1 amide bonds. The molecule has 1 rings (SSSR count). The Morgan fingerprint density at radius 2 is 1.90 bits per heavy atom. The number of hydrogen-bond donors (Lipinski definition) is 2. The van der Waals surface area contributed by atoms with E-state index in [9.17, 15) is 18.0 Å². The summed E-state index contributed by atoms with van der Waals surface area (Å²) < 4.78 is 43.5. The van der Waals surface area contributed by atoms with E-state index in [0.29, 0.717) is 45.5 Å². The fraction of sp³-hybridized carbons (Fsp3) is 0.923. The van der Waals surface area contributed by atoms with E-state index in [4.69, 9.17) is 4.74 Å². The fourth-order valence-corrected chi connectivity index (χ4v) is 2.54. The molecule has 4 nitrogen and oxygen atoms in total. The number of alkyl halides is 3. The van der Waals surface area contributed by atoms with Crippen molar-refractivity contribution in [2.24, 2.45) is 11.8 Å². The Balaban J connectivity index is 2.33. The summed E-state index contributed by atoms with van der Waals surface area (Å²) >= 11 is 0. The lowest BCUT2D eigenvalue weighted by Gasteiger charge is -2.32. The van der Waals surface area contributed by atoms with Crippen molar-refractivity contribution in [3.63, 3.8) is 0 Å². The second kappa shape index (κ2) is 8.46. The van der Waals surface area contributed by atoms with Crippen LogP contribution in [-0.4, -0.2) is 45.4 Å². The minimum Gasteiger partial charge on any atom is -0.383 e. The van der Waals surface area contributed by atoms with E-state index in [2.05, 4.69) is 10.6 Å². The molecular formula is C13H23F3N2O2. The Hall–Kier alpha value is -0.820. The van der Waals surface area contributed by atoms with Gasteiger partial charge in [-0.05, 0) is 12.8 Å². The number of halogens is 3. The van der Waals surface area contributed by atoms with Crippen LogP contribution >= 0.6 is 0 Å². The van der Waals surface area contributed by atoms with Crippen LogP contribution in [0.15, 0.2) is 0 Å². The number of hydrogen-bond acceptors (Lipinski definition) is 3. The lowest BCUT2D eigenvalue weighted by atomic mass is 9.78. The Bertz CT molecular complexity index is 298. The number of methoxy groups -OCH3 is 1. The van der Waals surface area contributed by atoms with E-state index in [0.717, 1.165) is 0 Å². The number of ether oxygens (including phenoxy) is 1. The van der Waals surface area contributed by atoms with E-state index in [1.807, 2.05) is 0 Å². The van der Waals surface area contributed by atoms with Crippen molar-refractivity contribution in [2.45, 2.75) is 31.9 Å². The van der Waals surface area contributed by atoms with Crippen LogP contribution in [0.1, 0.15) is 25.7 Å². The Morgan fingerprint density at radius 1 is 1.20 bits per heavy atom. The van der Waals surface area contributed by atoms with Crippen molar-refractivity contribution >= 4 is 5.91 Å². The van der Waals surface area contributed by atoms with Gasteiger partial charge in [0.25, 0.3) is 0 Å². The number of rotatable bonds is 7. The average molecular weight is 296 g/mol. The molecule has 118 valence electrons. The number of amides is 1. The van der Waals surface area contributed by atoms with Gasteiger partial charge in [-0.2, -0.15) is 13.2 Å². The minimum absolute atomic E-state index is 0.0632. The van der Waals surface area contributed by atoms with Gasteiger partial charge in [0.2, 0.25) is 5.91 Å². The largest absolute Gasteiger partial charge is 0.392 e. The highest BCUT2D eigenvalue weighted by molar-refractivity contribution is 5.79. The van der Waals surface area contributed by atoms with Crippen molar-refractivity contribution in [2.75, 3.05) is 33.4 Å². The first-order chi connectivity index (χ1) is 9.46. The third-order valence-corrected chi connectivity index (χ3v) is 3.61. The molecule has 1 fully saturated rings. The first-order valence-electron chi connectivity index (χ1n) is 7.01. The summed E-state index contributed by atoms with van der Waals surface area (Å²) in [6, 6.07) is 0. The molecule has 7 heteroatoms. The summed E-state index contributed by atoms with van der Waals surface area (Å²) in [6.07, 6.45) is -2.65. The Morgan fingerprint density at radius 3 is 2.55 bits per heavy atom. The van der Waals surface area contributed by atoms with Crippen LogP contribution in [0, 0.1) is 11.8 Å². The highest BCUT2D eigenvalue weighted by atomic mass is 19.4. The van der Waals surface area contributed by atoms with Crippen LogP contribution in [0.3, 0.4) is 0 Å². The van der Waals surface area contributed by atoms with E-state index < -0.39 is 23.9 Å². The lowest BCUT2D eigenvalue weighted by molar-refractivity contribution is -0.198. The summed E-state index contributed by atoms with van der Waals surface area (Å²) in [5.41, 5.74) is 0. The van der Waals surface area contributed by atoms with E-state index >= 15 is 0 Å². The van der Waals surface area contributed by atoms with Crippen molar-refractivity contribution in [3.05, 3.63) is 0 Å². The van der Waals surface area contributed by atoms with Gasteiger partial charge < -0.3 is 15.4 Å². The fourth-order valence-electron chi connectivity index (χ4n) is 2.54. The third-order valence-electron chi connectivity index (χ3n) is 3.61.